The monoisotopic (exact) mass is 224 g/mol. The van der Waals surface area contributed by atoms with Crippen LogP contribution >= 0.6 is 0 Å². The average Bonchev–Trinajstić information content (AvgIpc) is 2.49. The molecule has 0 amide bonds. The minimum Gasteiger partial charge on any atom is -0.390 e. The van der Waals surface area contributed by atoms with Gasteiger partial charge in [0.05, 0.1) is 5.60 Å². The molecule has 0 aliphatic heterocycles. The standard InChI is InChI=1S/C15H28O/c1-12-8-14(2,3)11-15(16,9-12)10-13-6-4-5-7-13/h12-13,16H,4-11H2,1-3H3. The zero-order valence-corrected chi connectivity index (χ0v) is 11.3. The molecule has 2 aliphatic carbocycles. The van der Waals surface area contributed by atoms with E-state index in [1.54, 1.807) is 0 Å². The van der Waals surface area contributed by atoms with Crippen molar-refractivity contribution in [2.75, 3.05) is 0 Å². The van der Waals surface area contributed by atoms with Crippen LogP contribution in [0, 0.1) is 17.3 Å². The Hall–Kier alpha value is -0.0400. The predicted molar refractivity (Wildman–Crippen MR) is 68.3 cm³/mol. The van der Waals surface area contributed by atoms with Gasteiger partial charge in [0.1, 0.15) is 0 Å². The molecule has 2 saturated carbocycles. The molecule has 1 N–H and O–H groups in total. The zero-order chi connectivity index (χ0) is 11.8. The third-order valence-corrected chi connectivity index (χ3v) is 4.58. The Morgan fingerprint density at radius 2 is 1.75 bits per heavy atom. The second-order valence-corrected chi connectivity index (χ2v) is 7.43. The van der Waals surface area contributed by atoms with Gasteiger partial charge < -0.3 is 5.11 Å². The van der Waals surface area contributed by atoms with Crippen molar-refractivity contribution in [1.82, 2.24) is 0 Å². The highest BCUT2D eigenvalue weighted by Gasteiger charge is 2.42. The van der Waals surface area contributed by atoms with Gasteiger partial charge in [0.25, 0.3) is 0 Å². The summed E-state index contributed by atoms with van der Waals surface area (Å²) in [7, 11) is 0. The fourth-order valence-electron chi connectivity index (χ4n) is 4.61. The Kier molecular flexibility index (Phi) is 3.36. The van der Waals surface area contributed by atoms with Gasteiger partial charge in [-0.25, -0.2) is 0 Å². The highest BCUT2D eigenvalue weighted by Crippen LogP contribution is 2.47. The van der Waals surface area contributed by atoms with Gasteiger partial charge in [-0.1, -0.05) is 46.5 Å². The van der Waals surface area contributed by atoms with Crippen LogP contribution in [0.5, 0.6) is 0 Å². The Labute approximate surface area is 101 Å². The van der Waals surface area contributed by atoms with Crippen molar-refractivity contribution in [2.24, 2.45) is 17.3 Å². The molecule has 0 bridgehead atoms. The quantitative estimate of drug-likeness (QED) is 0.747. The van der Waals surface area contributed by atoms with Gasteiger partial charge >= 0.3 is 0 Å². The molecule has 1 heteroatoms. The summed E-state index contributed by atoms with van der Waals surface area (Å²) in [5, 5.41) is 10.8. The number of rotatable bonds is 2. The van der Waals surface area contributed by atoms with Gasteiger partial charge in [0.2, 0.25) is 0 Å². The Morgan fingerprint density at radius 1 is 1.12 bits per heavy atom. The van der Waals surface area contributed by atoms with E-state index in [9.17, 15) is 5.11 Å². The molecule has 94 valence electrons. The molecular weight excluding hydrogens is 196 g/mol. The second kappa shape index (κ2) is 4.33. The van der Waals surface area contributed by atoms with Crippen LogP contribution in [-0.4, -0.2) is 10.7 Å². The van der Waals surface area contributed by atoms with Crippen LogP contribution in [0.15, 0.2) is 0 Å². The lowest BCUT2D eigenvalue weighted by Gasteiger charge is -2.45. The number of aliphatic hydroxyl groups is 1. The van der Waals surface area contributed by atoms with Crippen LogP contribution in [-0.2, 0) is 0 Å². The van der Waals surface area contributed by atoms with E-state index in [1.165, 1.54) is 32.1 Å². The summed E-state index contributed by atoms with van der Waals surface area (Å²) in [5.74, 6) is 1.50. The summed E-state index contributed by atoms with van der Waals surface area (Å²) >= 11 is 0. The molecule has 0 aromatic heterocycles. The molecule has 0 spiro atoms. The smallest absolute Gasteiger partial charge is 0.0658 e. The largest absolute Gasteiger partial charge is 0.390 e. The van der Waals surface area contributed by atoms with Crippen LogP contribution in [0.4, 0.5) is 0 Å². The van der Waals surface area contributed by atoms with E-state index in [-0.39, 0.29) is 5.60 Å². The van der Waals surface area contributed by atoms with Crippen molar-refractivity contribution in [3.63, 3.8) is 0 Å². The summed E-state index contributed by atoms with van der Waals surface area (Å²) in [6.07, 6.45) is 9.89. The summed E-state index contributed by atoms with van der Waals surface area (Å²) in [4.78, 5) is 0. The Balaban J connectivity index is 1.99. The molecule has 0 heterocycles. The molecule has 2 aliphatic rings. The first-order chi connectivity index (χ1) is 7.39. The van der Waals surface area contributed by atoms with Crippen LogP contribution < -0.4 is 0 Å². The van der Waals surface area contributed by atoms with Crippen molar-refractivity contribution in [1.29, 1.82) is 0 Å². The van der Waals surface area contributed by atoms with E-state index in [2.05, 4.69) is 20.8 Å². The third-order valence-electron chi connectivity index (χ3n) is 4.58. The zero-order valence-electron chi connectivity index (χ0n) is 11.3. The first-order valence-corrected chi connectivity index (χ1v) is 7.11. The summed E-state index contributed by atoms with van der Waals surface area (Å²) in [6.45, 7) is 6.95. The fraction of sp³-hybridized carbons (Fsp3) is 1.00. The van der Waals surface area contributed by atoms with Crippen LogP contribution in [0.1, 0.15) is 72.1 Å². The Bertz CT molecular complexity index is 240. The molecule has 0 aromatic rings. The van der Waals surface area contributed by atoms with Gasteiger partial charge in [-0.05, 0) is 42.9 Å². The normalized spacial score (nSPS) is 40.1. The lowest BCUT2D eigenvalue weighted by molar-refractivity contribution is -0.0728. The maximum atomic E-state index is 10.8. The minimum atomic E-state index is -0.351. The molecular formula is C15H28O. The van der Waals surface area contributed by atoms with Crippen molar-refractivity contribution < 1.29 is 5.11 Å². The highest BCUT2D eigenvalue weighted by molar-refractivity contribution is 4.94. The molecule has 0 saturated heterocycles. The minimum absolute atomic E-state index is 0.338. The molecule has 0 aromatic carbocycles. The third kappa shape index (κ3) is 3.00. The molecule has 2 unspecified atom stereocenters. The van der Waals surface area contributed by atoms with Crippen molar-refractivity contribution in [3.8, 4) is 0 Å². The maximum absolute atomic E-state index is 10.8. The highest BCUT2D eigenvalue weighted by atomic mass is 16.3. The van der Waals surface area contributed by atoms with Gasteiger partial charge in [0, 0.05) is 0 Å². The van der Waals surface area contributed by atoms with Gasteiger partial charge in [-0.2, -0.15) is 0 Å². The van der Waals surface area contributed by atoms with Crippen LogP contribution in [0.2, 0.25) is 0 Å². The molecule has 16 heavy (non-hydrogen) atoms. The van der Waals surface area contributed by atoms with E-state index in [0.717, 1.165) is 25.2 Å². The first-order valence-electron chi connectivity index (χ1n) is 7.11. The van der Waals surface area contributed by atoms with E-state index < -0.39 is 0 Å². The van der Waals surface area contributed by atoms with E-state index in [4.69, 9.17) is 0 Å². The van der Waals surface area contributed by atoms with E-state index in [1.807, 2.05) is 0 Å². The SMILES string of the molecule is CC1CC(C)(C)CC(O)(CC2CCCC2)C1. The predicted octanol–water partition coefficient (Wildman–Crippen LogP) is 4.14. The topological polar surface area (TPSA) is 20.2 Å². The fourth-order valence-corrected chi connectivity index (χ4v) is 4.61. The molecule has 1 nitrogen and oxygen atoms in total. The second-order valence-electron chi connectivity index (χ2n) is 7.43. The van der Waals surface area contributed by atoms with Gasteiger partial charge in [-0.3, -0.25) is 0 Å². The first kappa shape index (κ1) is 12.4. The van der Waals surface area contributed by atoms with Crippen LogP contribution in [0.3, 0.4) is 0 Å². The van der Waals surface area contributed by atoms with Crippen molar-refractivity contribution in [2.45, 2.75) is 77.7 Å². The van der Waals surface area contributed by atoms with Gasteiger partial charge in [0.15, 0.2) is 0 Å². The van der Waals surface area contributed by atoms with Gasteiger partial charge in [-0.15, -0.1) is 0 Å². The molecule has 2 rings (SSSR count). The lowest BCUT2D eigenvalue weighted by Crippen LogP contribution is -2.43. The molecule has 2 atom stereocenters. The average molecular weight is 224 g/mol. The number of hydrogen-bond acceptors (Lipinski definition) is 1. The summed E-state index contributed by atoms with van der Waals surface area (Å²) in [5.41, 5.74) is -0.0127. The number of hydrogen-bond donors (Lipinski definition) is 1. The van der Waals surface area contributed by atoms with Crippen LogP contribution in [0.25, 0.3) is 0 Å². The van der Waals surface area contributed by atoms with Crippen molar-refractivity contribution >= 4 is 0 Å². The van der Waals surface area contributed by atoms with E-state index >= 15 is 0 Å². The Morgan fingerprint density at radius 3 is 2.31 bits per heavy atom. The maximum Gasteiger partial charge on any atom is 0.0658 e. The van der Waals surface area contributed by atoms with Crippen molar-refractivity contribution in [3.05, 3.63) is 0 Å². The summed E-state index contributed by atoms with van der Waals surface area (Å²) < 4.78 is 0. The molecule has 2 fully saturated rings. The lowest BCUT2D eigenvalue weighted by atomic mass is 9.63. The van der Waals surface area contributed by atoms with E-state index in [0.29, 0.717) is 11.3 Å². The molecule has 0 radical (unpaired) electrons. The summed E-state index contributed by atoms with van der Waals surface area (Å²) in [6, 6.07) is 0.